The van der Waals surface area contributed by atoms with E-state index >= 15 is 0 Å². The molecule has 2 saturated heterocycles. The standard InChI is InChI=1S/C19H26N2O.ClH/c1-19(11-4-6-14-5-2-3-7-17(14)19)18(22)21-12-10-15-8-9-16(13-21)20-15;/h2-3,5,7,15-16,20H,4,6,8-13H2,1H3;1H. The Hall–Kier alpha value is -1.06. The third kappa shape index (κ3) is 2.89. The van der Waals surface area contributed by atoms with E-state index < -0.39 is 0 Å². The van der Waals surface area contributed by atoms with Gasteiger partial charge in [-0.3, -0.25) is 4.79 Å². The van der Waals surface area contributed by atoms with Crippen molar-refractivity contribution in [3.05, 3.63) is 35.4 Å². The summed E-state index contributed by atoms with van der Waals surface area (Å²) >= 11 is 0. The normalized spacial score (nSPS) is 32.7. The Balaban J connectivity index is 0.00000156. The molecule has 1 N–H and O–H groups in total. The van der Waals surface area contributed by atoms with E-state index in [0.29, 0.717) is 18.0 Å². The predicted octanol–water partition coefficient (Wildman–Crippen LogP) is 3.06. The molecule has 4 rings (SSSR count). The second-order valence-electron chi connectivity index (χ2n) is 7.52. The number of hydrogen-bond acceptors (Lipinski definition) is 2. The van der Waals surface area contributed by atoms with Crippen molar-refractivity contribution in [1.82, 2.24) is 10.2 Å². The predicted molar refractivity (Wildman–Crippen MR) is 95.1 cm³/mol. The third-order valence-electron chi connectivity index (χ3n) is 6.02. The molecular weight excluding hydrogens is 308 g/mol. The van der Waals surface area contributed by atoms with E-state index in [1.54, 1.807) is 0 Å². The number of nitrogens with one attached hydrogen (secondary N) is 1. The van der Waals surface area contributed by atoms with Gasteiger partial charge in [0.15, 0.2) is 0 Å². The lowest BCUT2D eigenvalue weighted by atomic mass is 9.70. The number of carbonyl (C=O) groups excluding carboxylic acids is 1. The molecule has 3 aliphatic rings. The van der Waals surface area contributed by atoms with Crippen LogP contribution in [0.1, 0.15) is 50.2 Å². The first-order valence-electron chi connectivity index (χ1n) is 8.80. The van der Waals surface area contributed by atoms with Crippen molar-refractivity contribution in [3.8, 4) is 0 Å². The molecule has 3 atom stereocenters. The summed E-state index contributed by atoms with van der Waals surface area (Å²) in [6.07, 6.45) is 6.85. The molecule has 2 aliphatic heterocycles. The molecule has 2 fully saturated rings. The molecule has 0 radical (unpaired) electrons. The number of carbonyl (C=O) groups is 1. The fraction of sp³-hybridized carbons (Fsp3) is 0.632. The number of likely N-dealkylation sites (tertiary alicyclic amines) is 1. The van der Waals surface area contributed by atoms with Crippen LogP contribution in [0.3, 0.4) is 0 Å². The van der Waals surface area contributed by atoms with Crippen LogP contribution in [0.15, 0.2) is 24.3 Å². The fourth-order valence-electron chi connectivity index (χ4n) is 4.74. The molecule has 0 saturated carbocycles. The highest BCUT2D eigenvalue weighted by molar-refractivity contribution is 5.88. The van der Waals surface area contributed by atoms with Gasteiger partial charge < -0.3 is 10.2 Å². The van der Waals surface area contributed by atoms with Crippen LogP contribution in [0.2, 0.25) is 0 Å². The number of amides is 1. The van der Waals surface area contributed by atoms with Crippen molar-refractivity contribution in [2.75, 3.05) is 13.1 Å². The first-order valence-corrected chi connectivity index (χ1v) is 8.80. The summed E-state index contributed by atoms with van der Waals surface area (Å²) in [4.78, 5) is 15.5. The van der Waals surface area contributed by atoms with Crippen LogP contribution in [0.5, 0.6) is 0 Å². The lowest BCUT2D eigenvalue weighted by Gasteiger charge is -2.39. The SMILES string of the molecule is CC1(C(=O)N2CCC3CCC(C2)N3)CCCc2ccccc21.Cl. The molecule has 2 heterocycles. The Bertz CT molecular complexity index is 590. The van der Waals surface area contributed by atoms with E-state index in [0.717, 1.165) is 38.8 Å². The third-order valence-corrected chi connectivity index (χ3v) is 6.02. The van der Waals surface area contributed by atoms with Gasteiger partial charge in [-0.15, -0.1) is 12.4 Å². The second kappa shape index (κ2) is 6.45. The average molecular weight is 335 g/mol. The molecule has 1 aliphatic carbocycles. The summed E-state index contributed by atoms with van der Waals surface area (Å²) in [7, 11) is 0. The number of aryl methyl sites for hydroxylation is 1. The lowest BCUT2D eigenvalue weighted by molar-refractivity contribution is -0.137. The Kier molecular flexibility index (Phi) is 4.70. The van der Waals surface area contributed by atoms with Gasteiger partial charge in [0.1, 0.15) is 0 Å². The van der Waals surface area contributed by atoms with Gasteiger partial charge >= 0.3 is 0 Å². The highest BCUT2D eigenvalue weighted by atomic mass is 35.5. The number of nitrogens with zero attached hydrogens (tertiary/aromatic N) is 1. The molecule has 3 unspecified atom stereocenters. The van der Waals surface area contributed by atoms with Gasteiger partial charge in [-0.05, 0) is 56.6 Å². The minimum absolute atomic E-state index is 0. The molecule has 0 spiro atoms. The number of benzene rings is 1. The van der Waals surface area contributed by atoms with Crippen molar-refractivity contribution in [2.24, 2.45) is 0 Å². The molecule has 1 aromatic carbocycles. The van der Waals surface area contributed by atoms with Crippen LogP contribution in [0, 0.1) is 0 Å². The van der Waals surface area contributed by atoms with Crippen molar-refractivity contribution in [1.29, 1.82) is 0 Å². The van der Waals surface area contributed by atoms with E-state index in [-0.39, 0.29) is 17.8 Å². The summed E-state index contributed by atoms with van der Waals surface area (Å²) in [5.74, 6) is 0.356. The first-order chi connectivity index (χ1) is 10.7. The topological polar surface area (TPSA) is 32.3 Å². The summed E-state index contributed by atoms with van der Waals surface area (Å²) < 4.78 is 0. The summed E-state index contributed by atoms with van der Waals surface area (Å²) in [5, 5.41) is 3.68. The molecule has 3 nitrogen and oxygen atoms in total. The second-order valence-corrected chi connectivity index (χ2v) is 7.52. The van der Waals surface area contributed by atoms with Gasteiger partial charge in [0.25, 0.3) is 0 Å². The maximum atomic E-state index is 13.4. The van der Waals surface area contributed by atoms with Crippen molar-refractivity contribution in [3.63, 3.8) is 0 Å². The fourth-order valence-corrected chi connectivity index (χ4v) is 4.74. The van der Waals surface area contributed by atoms with Gasteiger partial charge in [0, 0.05) is 25.2 Å². The van der Waals surface area contributed by atoms with Crippen LogP contribution in [-0.2, 0) is 16.6 Å². The van der Waals surface area contributed by atoms with Crippen LogP contribution in [-0.4, -0.2) is 36.0 Å². The van der Waals surface area contributed by atoms with Crippen molar-refractivity contribution in [2.45, 2.75) is 62.9 Å². The molecule has 0 aromatic heterocycles. The van der Waals surface area contributed by atoms with E-state index in [4.69, 9.17) is 0 Å². The van der Waals surface area contributed by atoms with Crippen molar-refractivity contribution >= 4 is 18.3 Å². The Labute approximate surface area is 145 Å². The zero-order valence-corrected chi connectivity index (χ0v) is 14.7. The number of hydrogen-bond donors (Lipinski definition) is 1. The summed E-state index contributed by atoms with van der Waals surface area (Å²) in [5.41, 5.74) is 2.32. The van der Waals surface area contributed by atoms with Gasteiger partial charge in [0.2, 0.25) is 5.91 Å². The Morgan fingerprint density at radius 1 is 1.22 bits per heavy atom. The van der Waals surface area contributed by atoms with E-state index in [1.165, 1.54) is 24.0 Å². The van der Waals surface area contributed by atoms with Crippen molar-refractivity contribution < 1.29 is 4.79 Å². The molecule has 2 bridgehead atoms. The molecular formula is C19H27ClN2O. The van der Waals surface area contributed by atoms with Gasteiger partial charge in [-0.2, -0.15) is 0 Å². The molecule has 126 valence electrons. The monoisotopic (exact) mass is 334 g/mol. The zero-order chi connectivity index (χ0) is 15.2. The Morgan fingerprint density at radius 3 is 2.87 bits per heavy atom. The van der Waals surface area contributed by atoms with Crippen LogP contribution in [0.4, 0.5) is 0 Å². The summed E-state index contributed by atoms with van der Waals surface area (Å²) in [6.45, 7) is 3.99. The molecule has 23 heavy (non-hydrogen) atoms. The Morgan fingerprint density at radius 2 is 2.00 bits per heavy atom. The zero-order valence-electron chi connectivity index (χ0n) is 13.9. The van der Waals surface area contributed by atoms with Gasteiger partial charge in [0.05, 0.1) is 5.41 Å². The van der Waals surface area contributed by atoms with Gasteiger partial charge in [-0.1, -0.05) is 24.3 Å². The lowest BCUT2D eigenvalue weighted by Crippen LogP contribution is -2.49. The highest BCUT2D eigenvalue weighted by Crippen LogP contribution is 2.39. The smallest absolute Gasteiger partial charge is 0.233 e. The average Bonchev–Trinajstić information content (AvgIpc) is 2.86. The first kappa shape index (κ1) is 16.8. The van der Waals surface area contributed by atoms with E-state index in [1.807, 2.05) is 0 Å². The minimum Gasteiger partial charge on any atom is -0.340 e. The number of halogens is 1. The van der Waals surface area contributed by atoms with Crippen LogP contribution in [0.25, 0.3) is 0 Å². The minimum atomic E-state index is -0.321. The van der Waals surface area contributed by atoms with E-state index in [9.17, 15) is 4.79 Å². The highest BCUT2D eigenvalue weighted by Gasteiger charge is 2.43. The maximum Gasteiger partial charge on any atom is 0.233 e. The van der Waals surface area contributed by atoms with Crippen LogP contribution < -0.4 is 5.32 Å². The quantitative estimate of drug-likeness (QED) is 0.856. The molecule has 1 amide bonds. The number of fused-ring (bicyclic) bond motifs is 3. The molecule has 4 heteroatoms. The number of rotatable bonds is 1. The summed E-state index contributed by atoms with van der Waals surface area (Å²) in [6, 6.07) is 9.71. The van der Waals surface area contributed by atoms with Gasteiger partial charge in [-0.25, -0.2) is 0 Å². The largest absolute Gasteiger partial charge is 0.340 e. The van der Waals surface area contributed by atoms with E-state index in [2.05, 4.69) is 41.4 Å². The van der Waals surface area contributed by atoms with Crippen LogP contribution >= 0.6 is 12.4 Å². The maximum absolute atomic E-state index is 13.4. The molecule has 1 aromatic rings.